The molecule has 1 saturated heterocycles. The summed E-state index contributed by atoms with van der Waals surface area (Å²) < 4.78 is 27.0. The number of rotatable bonds is 6. The van der Waals surface area contributed by atoms with E-state index >= 15 is 0 Å². The Labute approximate surface area is 201 Å². The average molecular weight is 503 g/mol. The normalized spacial score (nSPS) is 14.4. The molecule has 9 nitrogen and oxygen atoms in total. The van der Waals surface area contributed by atoms with E-state index < -0.39 is 15.9 Å². The first-order valence-electron chi connectivity index (χ1n) is 10.3. The van der Waals surface area contributed by atoms with Crippen LogP contribution < -0.4 is 16.0 Å². The number of amides is 1. The lowest BCUT2D eigenvalue weighted by atomic mass is 10.2. The van der Waals surface area contributed by atoms with Gasteiger partial charge in [0.05, 0.1) is 4.90 Å². The molecule has 0 radical (unpaired) electrons. The van der Waals surface area contributed by atoms with Crippen LogP contribution in [0.1, 0.15) is 29.6 Å². The number of thiocarbonyl (C=S) groups is 1. The molecule has 1 fully saturated rings. The van der Waals surface area contributed by atoms with Crippen molar-refractivity contribution in [1.29, 1.82) is 0 Å². The van der Waals surface area contributed by atoms with Crippen LogP contribution in [0.15, 0.2) is 59.5 Å². The van der Waals surface area contributed by atoms with E-state index in [0.717, 1.165) is 36.3 Å². The van der Waals surface area contributed by atoms with Gasteiger partial charge in [-0.05, 0) is 61.5 Å². The number of piperidine rings is 1. The molecule has 172 valence electrons. The Morgan fingerprint density at radius 1 is 0.879 bits per heavy atom. The zero-order valence-corrected chi connectivity index (χ0v) is 20.0. The minimum atomic E-state index is -3.54. The zero-order chi connectivity index (χ0) is 23.3. The number of anilines is 3. The van der Waals surface area contributed by atoms with Crippen LogP contribution >= 0.6 is 23.6 Å². The second-order valence-corrected chi connectivity index (χ2v) is 10.6. The number of para-hydroxylation sites is 1. The molecule has 1 aromatic heterocycles. The molecule has 0 aliphatic carbocycles. The highest BCUT2D eigenvalue weighted by Crippen LogP contribution is 2.23. The van der Waals surface area contributed by atoms with Gasteiger partial charge >= 0.3 is 0 Å². The van der Waals surface area contributed by atoms with Crippen LogP contribution in [0.2, 0.25) is 0 Å². The number of aromatic nitrogens is 2. The predicted molar refractivity (Wildman–Crippen MR) is 133 cm³/mol. The number of hydrogen-bond donors (Lipinski definition) is 3. The van der Waals surface area contributed by atoms with Crippen molar-refractivity contribution in [2.75, 3.05) is 29.0 Å². The topological polar surface area (TPSA) is 116 Å². The molecule has 33 heavy (non-hydrogen) atoms. The minimum absolute atomic E-state index is 0.183. The van der Waals surface area contributed by atoms with E-state index in [9.17, 15) is 13.2 Å². The summed E-state index contributed by atoms with van der Waals surface area (Å²) >= 11 is 6.38. The maximum Gasteiger partial charge on any atom is 0.257 e. The summed E-state index contributed by atoms with van der Waals surface area (Å²) in [5, 5.41) is 17.6. The fourth-order valence-corrected chi connectivity index (χ4v) is 5.75. The summed E-state index contributed by atoms with van der Waals surface area (Å²) in [6.45, 7) is 1.06. The number of nitrogens with one attached hydrogen (secondary N) is 3. The van der Waals surface area contributed by atoms with Gasteiger partial charge in [-0.1, -0.05) is 36.0 Å². The van der Waals surface area contributed by atoms with Crippen molar-refractivity contribution in [3.8, 4) is 0 Å². The standard InChI is InChI=1S/C21H22N6O3S3/c28-18(15-9-11-17(12-10-15)33(29,30)27-13-5-2-6-14-27)23-20-25-26-21(32-20)24-19(31)22-16-7-3-1-4-8-16/h1,3-4,7-12H,2,5-6,13-14H2,(H,23,25,28)(H2,22,24,26,31). The molecule has 3 N–H and O–H groups in total. The van der Waals surface area contributed by atoms with Crippen molar-refractivity contribution in [2.45, 2.75) is 24.2 Å². The molecule has 3 aromatic rings. The van der Waals surface area contributed by atoms with Gasteiger partial charge in [0.25, 0.3) is 5.91 Å². The van der Waals surface area contributed by atoms with Gasteiger partial charge in [0.1, 0.15) is 0 Å². The van der Waals surface area contributed by atoms with E-state index in [-0.39, 0.29) is 10.0 Å². The Hall–Kier alpha value is -2.93. The van der Waals surface area contributed by atoms with Gasteiger partial charge in [-0.15, -0.1) is 10.2 Å². The van der Waals surface area contributed by atoms with Crippen molar-refractivity contribution in [1.82, 2.24) is 14.5 Å². The molecule has 1 amide bonds. The third kappa shape index (κ3) is 5.90. The first-order valence-corrected chi connectivity index (χ1v) is 13.0. The molecular formula is C21H22N6O3S3. The van der Waals surface area contributed by atoms with Gasteiger partial charge in [-0.25, -0.2) is 8.42 Å². The Bertz CT molecular complexity index is 1220. The molecule has 2 aromatic carbocycles. The minimum Gasteiger partial charge on any atom is -0.332 e. The molecule has 4 rings (SSSR count). The summed E-state index contributed by atoms with van der Waals surface area (Å²) in [4.78, 5) is 12.7. The van der Waals surface area contributed by atoms with Crippen molar-refractivity contribution >= 4 is 60.5 Å². The van der Waals surface area contributed by atoms with Crippen LogP contribution in [-0.4, -0.2) is 47.0 Å². The number of sulfonamides is 1. The monoisotopic (exact) mass is 502 g/mol. The molecule has 1 aliphatic rings. The first-order chi connectivity index (χ1) is 15.9. The fourth-order valence-electron chi connectivity index (χ4n) is 3.31. The van der Waals surface area contributed by atoms with E-state index in [1.54, 1.807) is 0 Å². The summed E-state index contributed by atoms with van der Waals surface area (Å²) in [6.07, 6.45) is 2.78. The third-order valence-corrected chi connectivity index (χ3v) is 7.84. The number of benzene rings is 2. The third-order valence-electron chi connectivity index (χ3n) is 4.97. The van der Waals surface area contributed by atoms with Crippen molar-refractivity contribution in [2.24, 2.45) is 0 Å². The zero-order valence-electron chi connectivity index (χ0n) is 17.5. The highest BCUT2D eigenvalue weighted by Gasteiger charge is 2.26. The molecule has 0 atom stereocenters. The van der Waals surface area contributed by atoms with Crippen LogP contribution in [-0.2, 0) is 10.0 Å². The number of hydrogen-bond acceptors (Lipinski definition) is 7. The average Bonchev–Trinajstić information content (AvgIpc) is 3.26. The lowest BCUT2D eigenvalue weighted by Gasteiger charge is -2.25. The summed E-state index contributed by atoms with van der Waals surface area (Å²) in [7, 11) is -3.54. The van der Waals surface area contributed by atoms with Crippen LogP contribution in [0.4, 0.5) is 16.0 Å². The molecule has 2 heterocycles. The Balaban J connectivity index is 1.35. The van der Waals surface area contributed by atoms with E-state index in [1.165, 1.54) is 28.6 Å². The van der Waals surface area contributed by atoms with Gasteiger partial charge < -0.3 is 10.6 Å². The smallest absolute Gasteiger partial charge is 0.257 e. The van der Waals surface area contributed by atoms with Crippen molar-refractivity contribution in [3.63, 3.8) is 0 Å². The number of carbonyl (C=O) groups is 1. The predicted octanol–water partition coefficient (Wildman–Crippen LogP) is 3.77. The second-order valence-electron chi connectivity index (χ2n) is 7.30. The fraction of sp³-hybridized carbons (Fsp3) is 0.238. The van der Waals surface area contributed by atoms with Crippen LogP contribution in [0, 0.1) is 0 Å². The van der Waals surface area contributed by atoms with Crippen LogP contribution in [0.3, 0.4) is 0 Å². The lowest BCUT2D eigenvalue weighted by Crippen LogP contribution is -2.35. The van der Waals surface area contributed by atoms with E-state index in [2.05, 4.69) is 26.1 Å². The van der Waals surface area contributed by atoms with Crippen LogP contribution in [0.5, 0.6) is 0 Å². The van der Waals surface area contributed by atoms with Gasteiger partial charge in [0.15, 0.2) is 5.11 Å². The molecule has 1 aliphatic heterocycles. The van der Waals surface area contributed by atoms with E-state index in [0.29, 0.717) is 28.9 Å². The molecular weight excluding hydrogens is 480 g/mol. The van der Waals surface area contributed by atoms with Gasteiger partial charge in [0.2, 0.25) is 20.3 Å². The molecule has 0 saturated carbocycles. The van der Waals surface area contributed by atoms with Gasteiger partial charge in [-0.3, -0.25) is 10.1 Å². The molecule has 12 heteroatoms. The molecule has 0 spiro atoms. The maximum absolute atomic E-state index is 12.8. The Morgan fingerprint density at radius 3 is 2.18 bits per heavy atom. The van der Waals surface area contributed by atoms with E-state index in [4.69, 9.17) is 12.2 Å². The number of nitrogens with zero attached hydrogens (tertiary/aromatic N) is 3. The number of carbonyl (C=O) groups excluding carboxylic acids is 1. The Kier molecular flexibility index (Phi) is 7.28. The summed E-state index contributed by atoms with van der Waals surface area (Å²) in [5.41, 5.74) is 1.15. The first kappa shape index (κ1) is 23.2. The molecule has 0 unspecified atom stereocenters. The highest BCUT2D eigenvalue weighted by atomic mass is 32.2. The van der Waals surface area contributed by atoms with Crippen molar-refractivity contribution < 1.29 is 13.2 Å². The lowest BCUT2D eigenvalue weighted by molar-refractivity contribution is 0.102. The van der Waals surface area contributed by atoms with Gasteiger partial charge in [0, 0.05) is 24.3 Å². The highest BCUT2D eigenvalue weighted by molar-refractivity contribution is 7.89. The largest absolute Gasteiger partial charge is 0.332 e. The Morgan fingerprint density at radius 2 is 1.52 bits per heavy atom. The van der Waals surface area contributed by atoms with Gasteiger partial charge in [-0.2, -0.15) is 4.31 Å². The molecule has 0 bridgehead atoms. The quantitative estimate of drug-likeness (QED) is 0.436. The SMILES string of the molecule is O=C(Nc1nnc(NC(=S)Nc2ccccc2)s1)c1ccc(S(=O)(=O)N2CCCCC2)cc1. The summed E-state index contributed by atoms with van der Waals surface area (Å²) in [5.74, 6) is -0.412. The van der Waals surface area contributed by atoms with E-state index in [1.807, 2.05) is 30.3 Å². The second kappa shape index (κ2) is 10.3. The summed E-state index contributed by atoms with van der Waals surface area (Å²) in [6, 6.07) is 15.3. The maximum atomic E-state index is 12.8. The van der Waals surface area contributed by atoms with Crippen molar-refractivity contribution in [3.05, 3.63) is 60.2 Å². The van der Waals surface area contributed by atoms with Crippen LogP contribution in [0.25, 0.3) is 0 Å².